The molecule has 2 aromatic rings. The second-order valence-electron chi connectivity index (χ2n) is 2.96. The normalized spacial score (nSPS) is 9.40. The van der Waals surface area contributed by atoms with Gasteiger partial charge in [0, 0.05) is 5.56 Å². The number of aromatic amines is 1. The summed E-state index contributed by atoms with van der Waals surface area (Å²) >= 11 is 3.27. The van der Waals surface area contributed by atoms with Crippen molar-refractivity contribution in [1.82, 2.24) is 10.2 Å². The largest absolute Gasteiger partial charge is 0.277 e. The van der Waals surface area contributed by atoms with Crippen molar-refractivity contribution in [2.45, 2.75) is 0 Å². The van der Waals surface area contributed by atoms with Crippen molar-refractivity contribution in [3.8, 4) is 23.1 Å². The molecule has 2 nitrogen and oxygen atoms in total. The van der Waals surface area contributed by atoms with Crippen LogP contribution in [-0.4, -0.2) is 15.5 Å². The lowest BCUT2D eigenvalue weighted by molar-refractivity contribution is 1.10. The number of halogens is 1. The molecule has 0 saturated heterocycles. The number of nitrogens with one attached hydrogen (secondary N) is 1. The standard InChI is InChI=1S/C12H9BrN2/c13-8-4-7-11-9-14-15-12(11)10-5-2-1-3-6-10/h1-3,5-6,9H,8H2,(H,14,15). The van der Waals surface area contributed by atoms with Crippen LogP contribution in [-0.2, 0) is 0 Å². The number of hydrogen-bond acceptors (Lipinski definition) is 1. The van der Waals surface area contributed by atoms with E-state index in [1.807, 2.05) is 30.3 Å². The third-order valence-electron chi connectivity index (χ3n) is 1.99. The first-order valence-electron chi connectivity index (χ1n) is 4.55. The molecule has 0 radical (unpaired) electrons. The van der Waals surface area contributed by atoms with Crippen molar-refractivity contribution in [3.63, 3.8) is 0 Å². The van der Waals surface area contributed by atoms with Crippen LogP contribution in [0, 0.1) is 11.8 Å². The summed E-state index contributed by atoms with van der Waals surface area (Å²) in [6.07, 6.45) is 1.75. The highest BCUT2D eigenvalue weighted by atomic mass is 79.9. The van der Waals surface area contributed by atoms with Gasteiger partial charge in [0.2, 0.25) is 0 Å². The number of benzene rings is 1. The smallest absolute Gasteiger partial charge is 0.0806 e. The van der Waals surface area contributed by atoms with Gasteiger partial charge >= 0.3 is 0 Å². The van der Waals surface area contributed by atoms with E-state index in [9.17, 15) is 0 Å². The molecule has 1 N–H and O–H groups in total. The zero-order chi connectivity index (χ0) is 10.5. The number of nitrogens with zero attached hydrogens (tertiary/aromatic N) is 1. The fourth-order valence-corrected chi connectivity index (χ4v) is 1.47. The number of alkyl halides is 1. The van der Waals surface area contributed by atoms with Crippen molar-refractivity contribution in [2.75, 3.05) is 5.33 Å². The molecule has 1 aromatic carbocycles. The number of rotatable bonds is 1. The summed E-state index contributed by atoms with van der Waals surface area (Å²) in [5.41, 5.74) is 3.01. The Morgan fingerprint density at radius 1 is 1.27 bits per heavy atom. The van der Waals surface area contributed by atoms with E-state index >= 15 is 0 Å². The van der Waals surface area contributed by atoms with Crippen molar-refractivity contribution in [3.05, 3.63) is 42.1 Å². The molecule has 0 spiro atoms. The fourth-order valence-electron chi connectivity index (χ4n) is 1.33. The summed E-state index contributed by atoms with van der Waals surface area (Å²) in [6.45, 7) is 0. The first-order valence-corrected chi connectivity index (χ1v) is 5.67. The molecule has 0 bridgehead atoms. The Morgan fingerprint density at radius 3 is 2.80 bits per heavy atom. The molecular weight excluding hydrogens is 252 g/mol. The highest BCUT2D eigenvalue weighted by molar-refractivity contribution is 9.09. The number of H-pyrrole nitrogens is 1. The molecule has 1 aromatic heterocycles. The molecule has 0 unspecified atom stereocenters. The second kappa shape index (κ2) is 4.81. The second-order valence-corrected chi connectivity index (χ2v) is 3.52. The topological polar surface area (TPSA) is 28.7 Å². The highest BCUT2D eigenvalue weighted by Crippen LogP contribution is 2.19. The first-order chi connectivity index (χ1) is 7.42. The third kappa shape index (κ3) is 2.28. The van der Waals surface area contributed by atoms with Crippen molar-refractivity contribution < 1.29 is 0 Å². The lowest BCUT2D eigenvalue weighted by Crippen LogP contribution is -1.80. The molecule has 2 rings (SSSR count). The van der Waals surface area contributed by atoms with Gasteiger partial charge in [-0.05, 0) is 0 Å². The van der Waals surface area contributed by atoms with Gasteiger partial charge in [-0.1, -0.05) is 58.1 Å². The first kappa shape index (κ1) is 10.0. The van der Waals surface area contributed by atoms with Gasteiger partial charge in [-0.3, -0.25) is 5.10 Å². The monoisotopic (exact) mass is 260 g/mol. The summed E-state index contributed by atoms with van der Waals surface area (Å²) in [5.74, 6) is 6.02. The fraction of sp³-hybridized carbons (Fsp3) is 0.0833. The average molecular weight is 261 g/mol. The summed E-state index contributed by atoms with van der Waals surface area (Å²) in [5, 5.41) is 7.64. The maximum absolute atomic E-state index is 4.01. The van der Waals surface area contributed by atoms with Crippen LogP contribution >= 0.6 is 15.9 Å². The Balaban J connectivity index is 2.42. The van der Waals surface area contributed by atoms with Crippen molar-refractivity contribution in [2.24, 2.45) is 0 Å². The van der Waals surface area contributed by atoms with Gasteiger partial charge in [-0.15, -0.1) is 0 Å². The van der Waals surface area contributed by atoms with Crippen LogP contribution in [0.2, 0.25) is 0 Å². The molecule has 74 valence electrons. The molecule has 3 heteroatoms. The van der Waals surface area contributed by atoms with E-state index in [1.54, 1.807) is 6.20 Å². The highest BCUT2D eigenvalue weighted by Gasteiger charge is 2.03. The molecule has 1 heterocycles. The lowest BCUT2D eigenvalue weighted by atomic mass is 10.1. The Hall–Kier alpha value is -1.53. The van der Waals surface area contributed by atoms with Crippen molar-refractivity contribution in [1.29, 1.82) is 0 Å². The van der Waals surface area contributed by atoms with E-state index < -0.39 is 0 Å². The summed E-state index contributed by atoms with van der Waals surface area (Å²) in [7, 11) is 0. The van der Waals surface area contributed by atoms with E-state index in [0.29, 0.717) is 5.33 Å². The Bertz CT molecular complexity index is 491. The molecule has 15 heavy (non-hydrogen) atoms. The summed E-state index contributed by atoms with van der Waals surface area (Å²) in [6, 6.07) is 10.1. The van der Waals surface area contributed by atoms with Gasteiger partial charge < -0.3 is 0 Å². The van der Waals surface area contributed by atoms with Gasteiger partial charge in [0.15, 0.2) is 0 Å². The SMILES string of the molecule is BrCC#Cc1cn[nH]c1-c1ccccc1. The van der Waals surface area contributed by atoms with E-state index in [4.69, 9.17) is 0 Å². The molecule has 0 aliphatic rings. The van der Waals surface area contributed by atoms with Gasteiger partial charge in [-0.2, -0.15) is 5.10 Å². The van der Waals surface area contributed by atoms with E-state index in [1.165, 1.54) is 0 Å². The number of hydrogen-bond donors (Lipinski definition) is 1. The molecule has 0 fully saturated rings. The zero-order valence-electron chi connectivity index (χ0n) is 8.00. The van der Waals surface area contributed by atoms with Gasteiger partial charge in [0.1, 0.15) is 0 Å². The van der Waals surface area contributed by atoms with Crippen LogP contribution in [0.1, 0.15) is 5.56 Å². The van der Waals surface area contributed by atoms with Crippen molar-refractivity contribution >= 4 is 15.9 Å². The maximum atomic E-state index is 4.01. The zero-order valence-corrected chi connectivity index (χ0v) is 9.58. The summed E-state index contributed by atoms with van der Waals surface area (Å²) < 4.78 is 0. The predicted molar refractivity (Wildman–Crippen MR) is 64.7 cm³/mol. The van der Waals surface area contributed by atoms with Crippen LogP contribution in [0.5, 0.6) is 0 Å². The van der Waals surface area contributed by atoms with Gasteiger partial charge in [0.25, 0.3) is 0 Å². The minimum atomic E-state index is 0.673. The Kier molecular flexibility index (Phi) is 3.21. The Morgan fingerprint density at radius 2 is 2.07 bits per heavy atom. The molecule has 0 saturated carbocycles. The minimum absolute atomic E-state index is 0.673. The van der Waals surface area contributed by atoms with Crippen LogP contribution in [0.25, 0.3) is 11.3 Å². The molecule has 0 aliphatic carbocycles. The molecule has 0 aliphatic heterocycles. The molecule has 0 atom stereocenters. The quantitative estimate of drug-likeness (QED) is 0.620. The van der Waals surface area contributed by atoms with Crippen LogP contribution in [0.4, 0.5) is 0 Å². The third-order valence-corrected chi connectivity index (χ3v) is 2.27. The van der Waals surface area contributed by atoms with Gasteiger partial charge in [0.05, 0.1) is 22.8 Å². The van der Waals surface area contributed by atoms with Crippen LogP contribution < -0.4 is 0 Å². The van der Waals surface area contributed by atoms with Crippen LogP contribution in [0.3, 0.4) is 0 Å². The van der Waals surface area contributed by atoms with Crippen LogP contribution in [0.15, 0.2) is 36.5 Å². The maximum Gasteiger partial charge on any atom is 0.0806 e. The molecule has 0 amide bonds. The summed E-state index contributed by atoms with van der Waals surface area (Å²) in [4.78, 5) is 0. The van der Waals surface area contributed by atoms with Gasteiger partial charge in [-0.25, -0.2) is 0 Å². The average Bonchev–Trinajstić information content (AvgIpc) is 2.75. The Labute approximate surface area is 96.8 Å². The predicted octanol–water partition coefficient (Wildman–Crippen LogP) is 2.82. The lowest BCUT2D eigenvalue weighted by Gasteiger charge is -1.96. The minimum Gasteiger partial charge on any atom is -0.277 e. The van der Waals surface area contributed by atoms with E-state index in [-0.39, 0.29) is 0 Å². The van der Waals surface area contributed by atoms with E-state index in [2.05, 4.69) is 38.0 Å². The van der Waals surface area contributed by atoms with E-state index in [0.717, 1.165) is 16.8 Å². The molecular formula is C12H9BrN2. The number of aromatic nitrogens is 2.